The molecular weight excluding hydrogens is 364 g/mol. The number of nitrogens with zero attached hydrogens (tertiary/aromatic N) is 4. The van der Waals surface area contributed by atoms with E-state index in [9.17, 15) is 38.5 Å². The average Bonchev–Trinajstić information content (AvgIpc) is 2.27. The fraction of sp³-hybridized carbons (Fsp3) is 0. The molecule has 0 amide bonds. The van der Waals surface area contributed by atoms with Crippen molar-refractivity contribution in [3.8, 4) is 0 Å². The van der Waals surface area contributed by atoms with Gasteiger partial charge in [0.05, 0.1) is 0 Å². The molecule has 0 atom stereocenters. The van der Waals surface area contributed by atoms with Gasteiger partial charge in [-0.2, -0.15) is 26.4 Å². The van der Waals surface area contributed by atoms with E-state index in [2.05, 4.69) is 0 Å². The molecule has 0 N–H and O–H groups in total. The lowest BCUT2D eigenvalue weighted by atomic mass is 11.7. The third-order valence-electron chi connectivity index (χ3n) is 1.37. The van der Waals surface area contributed by atoms with Crippen LogP contribution in [0.25, 0.3) is 11.1 Å². The summed E-state index contributed by atoms with van der Waals surface area (Å²) in [5.74, 6) is 0. The van der Waals surface area contributed by atoms with Gasteiger partial charge in [0.15, 0.2) is 0 Å². The number of hydrogen-bond acceptors (Lipinski definition) is 9. The van der Waals surface area contributed by atoms with E-state index in [1.165, 1.54) is 0 Å². The van der Waals surface area contributed by atoms with Crippen LogP contribution in [0, 0.1) is 0 Å². The van der Waals surface area contributed by atoms with Crippen molar-refractivity contribution in [3.05, 3.63) is 11.1 Å². The first-order chi connectivity index (χ1) is 8.78. The Balaban J connectivity index is 6.50. The Morgan fingerprint density at radius 1 is 0.700 bits per heavy atom. The molecule has 0 rings (SSSR count). The number of rotatable bonds is 4. The van der Waals surface area contributed by atoms with Crippen LogP contribution in [0.1, 0.15) is 0 Å². The van der Waals surface area contributed by atoms with Crippen LogP contribution in [0.2, 0.25) is 0 Å². The van der Waals surface area contributed by atoms with Crippen molar-refractivity contribution in [2.45, 2.75) is 0 Å². The molecule has 0 aliphatic rings. The highest BCUT2D eigenvalue weighted by molar-refractivity contribution is 8.89. The molecule has 112 valence electrons. The van der Waals surface area contributed by atoms with Crippen LogP contribution in [0.4, 0.5) is 4.79 Å². The van der Waals surface area contributed by atoms with Crippen LogP contribution in [-0.4, -0.2) is 58.8 Å². The molecule has 0 aromatic carbocycles. The van der Waals surface area contributed by atoms with Crippen molar-refractivity contribution < 1.29 is 48.0 Å². The summed E-state index contributed by atoms with van der Waals surface area (Å²) in [5.41, 5.74) is 14.4. The lowest BCUT2D eigenvalue weighted by molar-refractivity contribution is 0.00736. The standard InChI is InChI=1S/C3H2N4O9S4/c4-6-1-17(9,10)19(13,14)3(8)20(15,16)18(11,12)2-7-5/h1-2H. The van der Waals surface area contributed by atoms with Crippen molar-refractivity contribution in [2.24, 2.45) is 0 Å². The smallest absolute Gasteiger partial charge is 0.361 e. The Labute approximate surface area is 110 Å². The van der Waals surface area contributed by atoms with Crippen LogP contribution >= 0.6 is 0 Å². The number of hydrogen-bond donors (Lipinski definition) is 0. The van der Waals surface area contributed by atoms with Gasteiger partial charge >= 0.3 is 51.0 Å². The number of carbonyl (C=O) groups is 1. The van der Waals surface area contributed by atoms with Gasteiger partial charge in [-0.1, -0.05) is 0 Å². The summed E-state index contributed by atoms with van der Waals surface area (Å²) in [5, 5.41) is 0. The third-order valence-corrected chi connectivity index (χ3v) is 11.2. The van der Waals surface area contributed by atoms with Gasteiger partial charge < -0.3 is 11.1 Å². The van der Waals surface area contributed by atoms with Crippen LogP contribution in [0.15, 0.2) is 0 Å². The van der Waals surface area contributed by atoms with Crippen LogP contribution in [-0.2, 0) is 35.5 Å². The van der Waals surface area contributed by atoms with Crippen molar-refractivity contribution in [1.29, 1.82) is 0 Å². The highest BCUT2D eigenvalue weighted by atomic mass is 33.2. The van der Waals surface area contributed by atoms with Crippen molar-refractivity contribution >= 4 is 51.0 Å². The van der Waals surface area contributed by atoms with E-state index in [1.54, 1.807) is 9.58 Å². The van der Waals surface area contributed by atoms with Crippen LogP contribution < -0.4 is 0 Å². The molecule has 0 aliphatic heterocycles. The molecule has 0 radical (unpaired) electrons. The van der Waals surface area contributed by atoms with Gasteiger partial charge in [-0.15, -0.1) is 0 Å². The van der Waals surface area contributed by atoms with Gasteiger partial charge in [-0.3, -0.25) is 4.79 Å². The van der Waals surface area contributed by atoms with Crippen molar-refractivity contribution in [3.63, 3.8) is 0 Å². The summed E-state index contributed by atoms with van der Waals surface area (Å²) >= 11 is 0. The maximum Gasteiger partial charge on any atom is 0.391 e. The molecule has 17 heteroatoms. The summed E-state index contributed by atoms with van der Waals surface area (Å²) in [4.78, 5) is 14.7. The predicted octanol–water partition coefficient (Wildman–Crippen LogP) is -2.89. The minimum absolute atomic E-state index is 0.692. The fourth-order valence-corrected chi connectivity index (χ4v) is 8.14. The van der Waals surface area contributed by atoms with Gasteiger partial charge in [0.2, 0.25) is 0 Å². The second kappa shape index (κ2) is 5.31. The maximum atomic E-state index is 11.1. The molecule has 0 unspecified atom stereocenters. The largest absolute Gasteiger partial charge is 0.391 e. The summed E-state index contributed by atoms with van der Waals surface area (Å²) in [7, 11) is -24.0. The molecule has 13 nitrogen and oxygen atoms in total. The van der Waals surface area contributed by atoms with Gasteiger partial charge in [-0.05, 0) is 0 Å². The van der Waals surface area contributed by atoms with E-state index in [-0.39, 0.29) is 0 Å². The van der Waals surface area contributed by atoms with E-state index in [1.807, 2.05) is 0 Å². The van der Waals surface area contributed by atoms with Gasteiger partial charge in [0.1, 0.15) is 0 Å². The number of carbonyl (C=O) groups excluding carboxylic acids is 1. The monoisotopic (exact) mass is 366 g/mol. The first-order valence-corrected chi connectivity index (χ1v) is 10.8. The Bertz CT molecular complexity index is 872. The highest BCUT2D eigenvalue weighted by Gasteiger charge is 2.53. The second-order valence-corrected chi connectivity index (χ2v) is 13.2. The SMILES string of the molecule is [N-]=[N+]=CS(=O)(=O)S(=O)(=O)C(=O)S(=O)(=O)S(=O)(=O)C=[N+]=[N-]. The molecule has 20 heavy (non-hydrogen) atoms. The fourth-order valence-electron chi connectivity index (χ4n) is 0.543. The quantitative estimate of drug-likeness (QED) is 0.163. The van der Waals surface area contributed by atoms with E-state index in [4.69, 9.17) is 11.1 Å². The minimum atomic E-state index is -6.25. The lowest BCUT2D eigenvalue weighted by Gasteiger charge is -1.97. The van der Waals surface area contributed by atoms with Gasteiger partial charge in [0, 0.05) is 0 Å². The molecule has 0 aliphatic carbocycles. The predicted molar refractivity (Wildman–Crippen MR) is 60.4 cm³/mol. The van der Waals surface area contributed by atoms with E-state index in [0.717, 1.165) is 0 Å². The van der Waals surface area contributed by atoms with Crippen molar-refractivity contribution in [1.82, 2.24) is 0 Å². The molecule has 0 aromatic rings. The Kier molecular flexibility index (Phi) is 4.84. The lowest BCUT2D eigenvalue weighted by Crippen LogP contribution is -2.34. The molecule has 0 saturated carbocycles. The average molecular weight is 366 g/mol. The summed E-state index contributed by atoms with van der Waals surface area (Å²) in [6, 6.07) is 0. The molecular formula is C3H2N4O9S4. The van der Waals surface area contributed by atoms with Crippen LogP contribution in [0.5, 0.6) is 0 Å². The van der Waals surface area contributed by atoms with E-state index >= 15 is 0 Å². The molecule has 0 fully saturated rings. The maximum absolute atomic E-state index is 11.1. The van der Waals surface area contributed by atoms with Crippen molar-refractivity contribution in [2.75, 3.05) is 0 Å². The highest BCUT2D eigenvalue weighted by Crippen LogP contribution is 2.14. The Morgan fingerprint density at radius 3 is 1.15 bits per heavy atom. The van der Waals surface area contributed by atoms with E-state index in [0.29, 0.717) is 0 Å². The minimum Gasteiger partial charge on any atom is -0.361 e. The Hall–Kier alpha value is -1.77. The molecule has 0 aromatic heterocycles. The zero-order valence-corrected chi connectivity index (χ0v) is 12.0. The first-order valence-electron chi connectivity index (χ1n) is 3.67. The molecule has 0 bridgehead atoms. The summed E-state index contributed by atoms with van der Waals surface area (Å²) in [6.07, 6.45) is 0. The van der Waals surface area contributed by atoms with Crippen LogP contribution in [0.3, 0.4) is 0 Å². The second-order valence-electron chi connectivity index (χ2n) is 2.59. The van der Waals surface area contributed by atoms with Gasteiger partial charge in [0.25, 0.3) is 0 Å². The molecule has 0 heterocycles. The molecule has 0 saturated heterocycles. The molecule has 0 spiro atoms. The summed E-state index contributed by atoms with van der Waals surface area (Å²) in [6.45, 7) is 0. The third kappa shape index (κ3) is 2.87. The normalized spacial score (nSPS) is 12.8. The van der Waals surface area contributed by atoms with E-state index < -0.39 is 51.0 Å². The van der Waals surface area contributed by atoms with Gasteiger partial charge in [-0.25, -0.2) is 16.8 Å². The topological polar surface area (TPSA) is 226 Å². The first kappa shape index (κ1) is 18.2. The zero-order chi connectivity index (χ0) is 16.4. The Morgan fingerprint density at radius 2 is 0.950 bits per heavy atom. The zero-order valence-electron chi connectivity index (χ0n) is 8.75. The summed E-state index contributed by atoms with van der Waals surface area (Å²) < 4.78 is 85.2.